The standard InChI is InChI=1S/C17H26O2/c1-13-4-6-14(7-5-13)16(18)12-19-15-8-10-17(2,3)11-9-15/h4-7,15-16,18H,8-12H2,1-3H3. The fraction of sp³-hybridized carbons (Fsp3) is 0.647. The van der Waals surface area contributed by atoms with Crippen molar-refractivity contribution in [1.29, 1.82) is 0 Å². The highest BCUT2D eigenvalue weighted by atomic mass is 16.5. The van der Waals surface area contributed by atoms with Gasteiger partial charge in [0.05, 0.1) is 12.7 Å². The summed E-state index contributed by atoms with van der Waals surface area (Å²) in [4.78, 5) is 0. The molecule has 1 aliphatic rings. The van der Waals surface area contributed by atoms with Crippen LogP contribution in [0.3, 0.4) is 0 Å². The molecule has 0 spiro atoms. The highest BCUT2D eigenvalue weighted by Gasteiger charge is 2.27. The molecular weight excluding hydrogens is 236 g/mol. The molecule has 2 rings (SSSR count). The number of aliphatic hydroxyl groups is 1. The smallest absolute Gasteiger partial charge is 0.102 e. The first kappa shape index (κ1) is 14.5. The van der Waals surface area contributed by atoms with Gasteiger partial charge in [-0.1, -0.05) is 43.7 Å². The van der Waals surface area contributed by atoms with Crippen LogP contribution in [-0.2, 0) is 4.74 Å². The van der Waals surface area contributed by atoms with Gasteiger partial charge in [-0.25, -0.2) is 0 Å². The average molecular weight is 262 g/mol. The van der Waals surface area contributed by atoms with E-state index in [-0.39, 0.29) is 0 Å². The summed E-state index contributed by atoms with van der Waals surface area (Å²) >= 11 is 0. The van der Waals surface area contributed by atoms with Crippen molar-refractivity contribution < 1.29 is 9.84 Å². The molecule has 1 aliphatic carbocycles. The summed E-state index contributed by atoms with van der Waals surface area (Å²) in [6.07, 6.45) is 4.50. The molecule has 0 amide bonds. The van der Waals surface area contributed by atoms with Crippen molar-refractivity contribution in [2.45, 2.75) is 58.7 Å². The third kappa shape index (κ3) is 4.32. The average Bonchev–Trinajstić information content (AvgIpc) is 2.38. The second-order valence-electron chi connectivity index (χ2n) is 6.62. The molecule has 0 aliphatic heterocycles. The largest absolute Gasteiger partial charge is 0.386 e. The van der Waals surface area contributed by atoms with Gasteiger partial charge in [0.15, 0.2) is 0 Å². The molecule has 1 unspecified atom stereocenters. The van der Waals surface area contributed by atoms with E-state index in [2.05, 4.69) is 20.8 Å². The summed E-state index contributed by atoms with van der Waals surface area (Å²) in [6.45, 7) is 7.11. The number of rotatable bonds is 4. The zero-order chi connectivity index (χ0) is 13.9. The molecule has 1 atom stereocenters. The molecule has 0 bridgehead atoms. The zero-order valence-electron chi connectivity index (χ0n) is 12.4. The number of hydrogen-bond donors (Lipinski definition) is 1. The molecule has 1 aromatic carbocycles. The molecule has 2 nitrogen and oxygen atoms in total. The lowest BCUT2D eigenvalue weighted by atomic mass is 9.76. The van der Waals surface area contributed by atoms with E-state index < -0.39 is 6.10 Å². The summed E-state index contributed by atoms with van der Waals surface area (Å²) in [7, 11) is 0. The summed E-state index contributed by atoms with van der Waals surface area (Å²) in [5.41, 5.74) is 2.63. The van der Waals surface area contributed by atoms with Gasteiger partial charge in [0, 0.05) is 0 Å². The predicted octanol–water partition coefficient (Wildman–Crippen LogP) is 4.01. The normalized spacial score (nSPS) is 21.3. The van der Waals surface area contributed by atoms with Crippen molar-refractivity contribution >= 4 is 0 Å². The monoisotopic (exact) mass is 262 g/mol. The van der Waals surface area contributed by atoms with E-state index in [0.717, 1.165) is 18.4 Å². The molecule has 0 heterocycles. The molecule has 0 radical (unpaired) electrons. The molecule has 0 saturated heterocycles. The maximum atomic E-state index is 10.1. The van der Waals surface area contributed by atoms with Gasteiger partial charge in [-0.3, -0.25) is 0 Å². The van der Waals surface area contributed by atoms with Crippen LogP contribution in [0.2, 0.25) is 0 Å². The van der Waals surface area contributed by atoms with Crippen LogP contribution in [0.15, 0.2) is 24.3 Å². The van der Waals surface area contributed by atoms with Crippen LogP contribution in [0.1, 0.15) is 56.8 Å². The molecule has 19 heavy (non-hydrogen) atoms. The maximum Gasteiger partial charge on any atom is 0.102 e. The third-order valence-corrected chi connectivity index (χ3v) is 4.24. The number of aryl methyl sites for hydroxylation is 1. The van der Waals surface area contributed by atoms with Crippen molar-refractivity contribution in [2.75, 3.05) is 6.61 Å². The Balaban J connectivity index is 1.78. The van der Waals surface area contributed by atoms with Gasteiger partial charge in [0.25, 0.3) is 0 Å². The summed E-state index contributed by atoms with van der Waals surface area (Å²) in [6, 6.07) is 8.02. The van der Waals surface area contributed by atoms with Crippen LogP contribution in [0.5, 0.6) is 0 Å². The van der Waals surface area contributed by atoms with E-state index >= 15 is 0 Å². The molecule has 0 aromatic heterocycles. The van der Waals surface area contributed by atoms with Crippen LogP contribution >= 0.6 is 0 Å². The Morgan fingerprint density at radius 3 is 2.37 bits per heavy atom. The Kier molecular flexibility index (Phi) is 4.64. The zero-order valence-corrected chi connectivity index (χ0v) is 12.4. The Bertz CT molecular complexity index is 384. The van der Waals surface area contributed by atoms with Crippen LogP contribution in [0, 0.1) is 12.3 Å². The number of hydrogen-bond acceptors (Lipinski definition) is 2. The highest BCUT2D eigenvalue weighted by Crippen LogP contribution is 2.36. The summed E-state index contributed by atoms with van der Waals surface area (Å²) in [5, 5.41) is 10.1. The fourth-order valence-electron chi connectivity index (χ4n) is 2.65. The van der Waals surface area contributed by atoms with E-state index in [1.54, 1.807) is 0 Å². The summed E-state index contributed by atoms with van der Waals surface area (Å²) < 4.78 is 5.87. The van der Waals surface area contributed by atoms with E-state index in [0.29, 0.717) is 18.1 Å². The number of aliphatic hydroxyl groups excluding tert-OH is 1. The lowest BCUT2D eigenvalue weighted by molar-refractivity contribution is -0.0380. The maximum absolute atomic E-state index is 10.1. The minimum absolute atomic E-state index is 0.327. The van der Waals surface area contributed by atoms with Crippen molar-refractivity contribution in [2.24, 2.45) is 5.41 Å². The quantitative estimate of drug-likeness (QED) is 0.888. The predicted molar refractivity (Wildman–Crippen MR) is 78.1 cm³/mol. The fourth-order valence-corrected chi connectivity index (χ4v) is 2.65. The minimum Gasteiger partial charge on any atom is -0.386 e. The van der Waals surface area contributed by atoms with E-state index in [9.17, 15) is 5.11 Å². The molecule has 1 N–H and O–H groups in total. The van der Waals surface area contributed by atoms with Crippen LogP contribution in [0.25, 0.3) is 0 Å². The topological polar surface area (TPSA) is 29.5 Å². The van der Waals surface area contributed by atoms with Gasteiger partial charge in [0.2, 0.25) is 0 Å². The van der Waals surface area contributed by atoms with Gasteiger partial charge in [-0.2, -0.15) is 0 Å². The van der Waals surface area contributed by atoms with Crippen molar-refractivity contribution in [1.82, 2.24) is 0 Å². The molecule has 1 fully saturated rings. The lowest BCUT2D eigenvalue weighted by Crippen LogP contribution is -2.27. The van der Waals surface area contributed by atoms with Gasteiger partial charge in [-0.05, 0) is 43.6 Å². The van der Waals surface area contributed by atoms with Gasteiger partial charge < -0.3 is 9.84 Å². The van der Waals surface area contributed by atoms with Crippen LogP contribution in [0.4, 0.5) is 0 Å². The van der Waals surface area contributed by atoms with Crippen molar-refractivity contribution in [3.63, 3.8) is 0 Å². The van der Waals surface area contributed by atoms with Gasteiger partial charge in [0.1, 0.15) is 6.10 Å². The number of benzene rings is 1. The van der Waals surface area contributed by atoms with Crippen LogP contribution in [-0.4, -0.2) is 17.8 Å². The molecule has 106 valence electrons. The van der Waals surface area contributed by atoms with Gasteiger partial charge in [-0.15, -0.1) is 0 Å². The highest BCUT2D eigenvalue weighted by molar-refractivity contribution is 5.23. The Hall–Kier alpha value is -0.860. The molecule has 1 aromatic rings. The molecule has 2 heteroatoms. The first-order chi connectivity index (χ1) is 8.96. The van der Waals surface area contributed by atoms with E-state index in [4.69, 9.17) is 4.74 Å². The van der Waals surface area contributed by atoms with E-state index in [1.165, 1.54) is 18.4 Å². The summed E-state index contributed by atoms with van der Waals surface area (Å²) in [5.74, 6) is 0. The first-order valence-corrected chi connectivity index (χ1v) is 7.32. The molecular formula is C17H26O2. The first-order valence-electron chi connectivity index (χ1n) is 7.32. The lowest BCUT2D eigenvalue weighted by Gasteiger charge is -2.34. The van der Waals surface area contributed by atoms with Gasteiger partial charge >= 0.3 is 0 Å². The Labute approximate surface area is 116 Å². The Morgan fingerprint density at radius 2 is 1.79 bits per heavy atom. The van der Waals surface area contributed by atoms with E-state index in [1.807, 2.05) is 24.3 Å². The SMILES string of the molecule is Cc1ccc(C(O)COC2CCC(C)(C)CC2)cc1. The van der Waals surface area contributed by atoms with Crippen LogP contribution < -0.4 is 0 Å². The molecule has 1 saturated carbocycles. The third-order valence-electron chi connectivity index (χ3n) is 4.24. The van der Waals surface area contributed by atoms with Crippen molar-refractivity contribution in [3.05, 3.63) is 35.4 Å². The second-order valence-corrected chi connectivity index (χ2v) is 6.62. The second kappa shape index (κ2) is 6.06. The number of ether oxygens (including phenoxy) is 1. The van der Waals surface area contributed by atoms with Crippen molar-refractivity contribution in [3.8, 4) is 0 Å². The minimum atomic E-state index is -0.504. The Morgan fingerprint density at radius 1 is 1.21 bits per heavy atom.